The van der Waals surface area contributed by atoms with Crippen molar-refractivity contribution in [3.8, 4) is 11.6 Å². The van der Waals surface area contributed by atoms with Gasteiger partial charge in [-0.1, -0.05) is 33.8 Å². The number of ketones is 1. The number of benzene rings is 1. The van der Waals surface area contributed by atoms with Crippen molar-refractivity contribution in [1.82, 2.24) is 14.8 Å². The van der Waals surface area contributed by atoms with Crippen LogP contribution < -0.4 is 10.1 Å². The molecule has 2 heterocycles. The number of rotatable bonds is 7. The molecule has 0 radical (unpaired) electrons. The molecule has 7 nitrogen and oxygen atoms in total. The monoisotopic (exact) mass is 406 g/mol. The van der Waals surface area contributed by atoms with Crippen LogP contribution in [0.4, 0.5) is 5.82 Å². The summed E-state index contributed by atoms with van der Waals surface area (Å²) in [6.07, 6.45) is 2.12. The maximum absolute atomic E-state index is 12.5. The third-order valence-electron chi connectivity index (χ3n) is 4.48. The van der Waals surface area contributed by atoms with E-state index in [2.05, 4.69) is 36.2 Å². The van der Waals surface area contributed by atoms with Crippen molar-refractivity contribution in [2.24, 2.45) is 0 Å². The van der Waals surface area contributed by atoms with Gasteiger partial charge in [0.05, 0.1) is 5.69 Å². The Morgan fingerprint density at radius 2 is 1.83 bits per heavy atom. The average molecular weight is 406 g/mol. The van der Waals surface area contributed by atoms with Gasteiger partial charge >= 0.3 is 0 Å². The van der Waals surface area contributed by atoms with Crippen LogP contribution >= 0.6 is 0 Å². The third-order valence-corrected chi connectivity index (χ3v) is 4.48. The van der Waals surface area contributed by atoms with Crippen molar-refractivity contribution in [3.05, 3.63) is 66.0 Å². The summed E-state index contributed by atoms with van der Waals surface area (Å²) < 4.78 is 7.17. The summed E-state index contributed by atoms with van der Waals surface area (Å²) >= 11 is 0. The van der Waals surface area contributed by atoms with E-state index in [0.29, 0.717) is 29.4 Å². The van der Waals surface area contributed by atoms with Crippen LogP contribution in [0.1, 0.15) is 50.2 Å². The maximum Gasteiger partial charge on any atom is 0.263 e. The Morgan fingerprint density at radius 3 is 2.43 bits per heavy atom. The first-order valence-corrected chi connectivity index (χ1v) is 9.86. The van der Waals surface area contributed by atoms with Gasteiger partial charge in [-0.2, -0.15) is 9.78 Å². The van der Waals surface area contributed by atoms with Crippen LogP contribution in [-0.4, -0.2) is 33.1 Å². The highest BCUT2D eigenvalue weighted by molar-refractivity contribution is 5.96. The lowest BCUT2D eigenvalue weighted by Gasteiger charge is -2.13. The Hall–Kier alpha value is -3.48. The molecule has 0 aliphatic rings. The fourth-order valence-electron chi connectivity index (χ4n) is 2.76. The summed E-state index contributed by atoms with van der Waals surface area (Å²) in [4.78, 5) is 28.5. The second kappa shape index (κ2) is 8.90. The standard InChI is InChI=1S/C23H26N4O3/c1-5-18(28)16-9-11-17(12-10-16)30-15-22(29)25-21-14-19(23(2,3)4)26-27(21)20-8-6-7-13-24-20/h6-14H,5,15H2,1-4H3,(H,25,29). The first-order chi connectivity index (χ1) is 14.3. The highest BCUT2D eigenvalue weighted by Crippen LogP contribution is 2.25. The van der Waals surface area contributed by atoms with Crippen LogP contribution in [0.2, 0.25) is 0 Å². The lowest BCUT2D eigenvalue weighted by molar-refractivity contribution is -0.118. The van der Waals surface area contributed by atoms with E-state index in [1.807, 2.05) is 31.2 Å². The molecule has 0 spiro atoms. The molecule has 0 saturated carbocycles. The summed E-state index contributed by atoms with van der Waals surface area (Å²) in [5.41, 5.74) is 1.28. The molecule has 0 fully saturated rings. The number of pyridine rings is 1. The van der Waals surface area contributed by atoms with E-state index in [9.17, 15) is 9.59 Å². The summed E-state index contributed by atoms with van der Waals surface area (Å²) in [6, 6.07) is 14.1. The number of nitrogens with zero attached hydrogens (tertiary/aromatic N) is 3. The SMILES string of the molecule is CCC(=O)c1ccc(OCC(=O)Nc2cc(C(C)(C)C)nn2-c2ccccn2)cc1. The number of hydrogen-bond donors (Lipinski definition) is 1. The van der Waals surface area contributed by atoms with Gasteiger partial charge in [-0.3, -0.25) is 9.59 Å². The quantitative estimate of drug-likeness (QED) is 0.595. The smallest absolute Gasteiger partial charge is 0.263 e. The van der Waals surface area contributed by atoms with Crippen LogP contribution in [0.3, 0.4) is 0 Å². The lowest BCUT2D eigenvalue weighted by atomic mass is 9.92. The van der Waals surface area contributed by atoms with Gasteiger partial charge in [0.15, 0.2) is 18.2 Å². The molecule has 1 N–H and O–H groups in total. The van der Waals surface area contributed by atoms with Gasteiger partial charge in [0.1, 0.15) is 11.6 Å². The van der Waals surface area contributed by atoms with Gasteiger partial charge < -0.3 is 10.1 Å². The summed E-state index contributed by atoms with van der Waals surface area (Å²) in [6.45, 7) is 7.82. The maximum atomic E-state index is 12.5. The average Bonchev–Trinajstić information content (AvgIpc) is 3.17. The number of Topliss-reactive ketones (excluding diaryl/α,β-unsaturated/α-hetero) is 1. The van der Waals surface area contributed by atoms with Gasteiger partial charge in [0.25, 0.3) is 5.91 Å². The minimum absolute atomic E-state index is 0.0664. The summed E-state index contributed by atoms with van der Waals surface area (Å²) in [7, 11) is 0. The predicted molar refractivity (Wildman–Crippen MR) is 115 cm³/mol. The second-order valence-corrected chi connectivity index (χ2v) is 7.90. The molecule has 0 aliphatic carbocycles. The zero-order chi connectivity index (χ0) is 21.7. The molecule has 3 aromatic rings. The summed E-state index contributed by atoms with van der Waals surface area (Å²) in [5.74, 6) is 1.40. The number of anilines is 1. The van der Waals surface area contributed by atoms with E-state index in [1.54, 1.807) is 35.1 Å². The Balaban J connectivity index is 1.71. The molecule has 1 aromatic carbocycles. The van der Waals surface area contributed by atoms with Crippen LogP contribution in [0.5, 0.6) is 5.75 Å². The van der Waals surface area contributed by atoms with Crippen molar-refractivity contribution in [3.63, 3.8) is 0 Å². The van der Waals surface area contributed by atoms with Crippen molar-refractivity contribution < 1.29 is 14.3 Å². The number of ether oxygens (including phenoxy) is 1. The van der Waals surface area contributed by atoms with Gasteiger partial charge in [0, 0.05) is 29.7 Å². The molecule has 30 heavy (non-hydrogen) atoms. The fourth-order valence-corrected chi connectivity index (χ4v) is 2.76. The molecule has 0 atom stereocenters. The van der Waals surface area contributed by atoms with Crippen LogP contribution in [0, 0.1) is 0 Å². The third kappa shape index (κ3) is 5.11. The fraction of sp³-hybridized carbons (Fsp3) is 0.304. The van der Waals surface area contributed by atoms with Crippen LogP contribution in [0.15, 0.2) is 54.7 Å². The van der Waals surface area contributed by atoms with E-state index >= 15 is 0 Å². The number of nitrogens with one attached hydrogen (secondary N) is 1. The number of amides is 1. The molecular formula is C23H26N4O3. The molecular weight excluding hydrogens is 380 g/mol. The van der Waals surface area contributed by atoms with E-state index in [0.717, 1.165) is 5.69 Å². The Bertz CT molecular complexity index is 1020. The lowest BCUT2D eigenvalue weighted by Crippen LogP contribution is -2.22. The van der Waals surface area contributed by atoms with Crippen molar-refractivity contribution >= 4 is 17.5 Å². The molecule has 156 valence electrons. The highest BCUT2D eigenvalue weighted by atomic mass is 16.5. The first kappa shape index (κ1) is 21.2. The molecule has 0 bridgehead atoms. The first-order valence-electron chi connectivity index (χ1n) is 9.86. The number of aromatic nitrogens is 3. The molecule has 1 amide bonds. The molecule has 0 saturated heterocycles. The van der Waals surface area contributed by atoms with Crippen LogP contribution in [0.25, 0.3) is 5.82 Å². The topological polar surface area (TPSA) is 86.1 Å². The minimum atomic E-state index is -0.318. The van der Waals surface area contributed by atoms with Crippen molar-refractivity contribution in [1.29, 1.82) is 0 Å². The second-order valence-electron chi connectivity index (χ2n) is 7.90. The minimum Gasteiger partial charge on any atom is -0.484 e. The Morgan fingerprint density at radius 1 is 1.10 bits per heavy atom. The van der Waals surface area contributed by atoms with Gasteiger partial charge in [-0.25, -0.2) is 4.98 Å². The zero-order valence-corrected chi connectivity index (χ0v) is 17.7. The normalized spacial score (nSPS) is 11.2. The Kier molecular flexibility index (Phi) is 6.30. The largest absolute Gasteiger partial charge is 0.484 e. The van der Waals surface area contributed by atoms with E-state index in [1.165, 1.54) is 0 Å². The molecule has 7 heteroatoms. The predicted octanol–water partition coefficient (Wildman–Crippen LogP) is 4.18. The number of carbonyl (C=O) groups excluding carboxylic acids is 2. The number of carbonyl (C=O) groups is 2. The zero-order valence-electron chi connectivity index (χ0n) is 17.7. The van der Waals surface area contributed by atoms with E-state index in [-0.39, 0.29) is 23.7 Å². The highest BCUT2D eigenvalue weighted by Gasteiger charge is 2.22. The van der Waals surface area contributed by atoms with Gasteiger partial charge in [-0.15, -0.1) is 0 Å². The molecule has 3 rings (SSSR count). The van der Waals surface area contributed by atoms with Crippen molar-refractivity contribution in [2.75, 3.05) is 11.9 Å². The van der Waals surface area contributed by atoms with E-state index in [4.69, 9.17) is 4.74 Å². The van der Waals surface area contributed by atoms with Gasteiger partial charge in [-0.05, 0) is 36.4 Å². The molecule has 0 aliphatic heterocycles. The van der Waals surface area contributed by atoms with Crippen LogP contribution in [-0.2, 0) is 10.2 Å². The molecule has 0 unspecified atom stereocenters. The number of hydrogen-bond acceptors (Lipinski definition) is 5. The van der Waals surface area contributed by atoms with Crippen molar-refractivity contribution in [2.45, 2.75) is 39.5 Å². The van der Waals surface area contributed by atoms with Gasteiger partial charge in [0.2, 0.25) is 0 Å². The molecule has 2 aromatic heterocycles. The summed E-state index contributed by atoms with van der Waals surface area (Å²) in [5, 5.41) is 7.48. The Labute approximate surface area is 176 Å². The van der Waals surface area contributed by atoms with E-state index < -0.39 is 0 Å².